The van der Waals surface area contributed by atoms with Crippen LogP contribution in [-0.2, 0) is 9.59 Å². The Hall–Kier alpha value is -1.56. The number of methoxy groups -OCH3 is 1. The zero-order valence-electron chi connectivity index (χ0n) is 10.7. The van der Waals surface area contributed by atoms with Crippen LogP contribution in [0, 0.1) is 5.82 Å². The molecule has 1 aliphatic heterocycles. The highest BCUT2D eigenvalue weighted by molar-refractivity contribution is 8.14. The number of anilines is 1. The summed E-state index contributed by atoms with van der Waals surface area (Å²) in [5.41, 5.74) is 0.205. The minimum atomic E-state index is -0.470. The fraction of sp³-hybridized carbons (Fsp3) is 0.385. The van der Waals surface area contributed by atoms with Gasteiger partial charge in [-0.3, -0.25) is 9.59 Å². The second-order valence-electron chi connectivity index (χ2n) is 4.26. The first-order valence-electron chi connectivity index (χ1n) is 5.82. The molecule has 0 N–H and O–H groups in total. The summed E-state index contributed by atoms with van der Waals surface area (Å²) in [5, 5.41) is -0.152. The van der Waals surface area contributed by atoms with Gasteiger partial charge in [-0.15, -0.1) is 0 Å². The molecule has 1 fully saturated rings. The van der Waals surface area contributed by atoms with Gasteiger partial charge in [0.1, 0.15) is 11.6 Å². The topological polar surface area (TPSA) is 46.6 Å². The van der Waals surface area contributed by atoms with E-state index in [1.54, 1.807) is 0 Å². The summed E-state index contributed by atoms with van der Waals surface area (Å²) in [6.45, 7) is 1.80. The third-order valence-electron chi connectivity index (χ3n) is 2.87. The van der Waals surface area contributed by atoms with Crippen molar-refractivity contribution >= 4 is 28.5 Å². The van der Waals surface area contributed by atoms with E-state index in [1.165, 1.54) is 37.1 Å². The molecule has 1 aromatic carbocycles. The van der Waals surface area contributed by atoms with Crippen molar-refractivity contribution in [1.82, 2.24) is 0 Å². The monoisotopic (exact) mass is 283 g/mol. The smallest absolute Gasteiger partial charge is 0.228 e. The third-order valence-corrected chi connectivity index (χ3v) is 3.85. The second-order valence-corrected chi connectivity index (χ2v) is 5.73. The van der Waals surface area contributed by atoms with Crippen LogP contribution in [0.2, 0.25) is 0 Å². The quantitative estimate of drug-likeness (QED) is 0.853. The predicted molar refractivity (Wildman–Crippen MR) is 72.0 cm³/mol. The summed E-state index contributed by atoms with van der Waals surface area (Å²) >= 11 is 1.12. The maximum atomic E-state index is 13.8. The average molecular weight is 283 g/mol. The number of benzene rings is 1. The SMILES string of the molecule is COc1ccc(F)c(N2CC(SC(C)=O)CC2=O)c1. The fourth-order valence-corrected chi connectivity index (χ4v) is 2.97. The minimum Gasteiger partial charge on any atom is -0.497 e. The van der Waals surface area contributed by atoms with E-state index in [4.69, 9.17) is 4.74 Å². The largest absolute Gasteiger partial charge is 0.497 e. The molecular weight excluding hydrogens is 269 g/mol. The lowest BCUT2D eigenvalue weighted by Crippen LogP contribution is -2.26. The van der Waals surface area contributed by atoms with E-state index in [1.807, 2.05) is 0 Å². The average Bonchev–Trinajstić information content (AvgIpc) is 2.70. The number of halogens is 1. The van der Waals surface area contributed by atoms with Crippen LogP contribution in [0.25, 0.3) is 0 Å². The second kappa shape index (κ2) is 5.61. The molecule has 6 heteroatoms. The Bertz CT molecular complexity index is 521. The zero-order chi connectivity index (χ0) is 14.0. The summed E-state index contributed by atoms with van der Waals surface area (Å²) in [7, 11) is 1.48. The van der Waals surface area contributed by atoms with Gasteiger partial charge in [0.15, 0.2) is 5.12 Å². The standard InChI is InChI=1S/C13H14FNO3S/c1-8(16)19-10-6-13(17)15(7-10)12-5-9(18-2)3-4-11(12)14/h3-5,10H,6-7H2,1-2H3. The van der Waals surface area contributed by atoms with Gasteiger partial charge in [0.2, 0.25) is 5.91 Å². The molecule has 1 unspecified atom stereocenters. The molecule has 1 atom stereocenters. The number of carbonyl (C=O) groups is 2. The molecule has 0 aromatic heterocycles. The number of hydrogen-bond acceptors (Lipinski definition) is 4. The molecule has 4 nitrogen and oxygen atoms in total. The predicted octanol–water partition coefficient (Wildman–Crippen LogP) is 2.22. The number of nitrogens with zero attached hydrogens (tertiary/aromatic N) is 1. The number of rotatable bonds is 3. The van der Waals surface area contributed by atoms with Gasteiger partial charge < -0.3 is 9.64 Å². The van der Waals surface area contributed by atoms with E-state index in [0.717, 1.165) is 11.8 Å². The summed E-state index contributed by atoms with van der Waals surface area (Å²) < 4.78 is 18.8. The molecular formula is C13H14FNO3S. The molecule has 1 heterocycles. The number of ether oxygens (including phenoxy) is 1. The van der Waals surface area contributed by atoms with Gasteiger partial charge in [-0.1, -0.05) is 11.8 Å². The van der Waals surface area contributed by atoms with Crippen molar-refractivity contribution in [2.75, 3.05) is 18.6 Å². The highest BCUT2D eigenvalue weighted by Crippen LogP contribution is 2.32. The number of hydrogen-bond donors (Lipinski definition) is 0. The lowest BCUT2D eigenvalue weighted by atomic mass is 10.2. The van der Waals surface area contributed by atoms with E-state index in [0.29, 0.717) is 12.3 Å². The van der Waals surface area contributed by atoms with Gasteiger partial charge in [-0.25, -0.2) is 4.39 Å². The molecule has 1 amide bonds. The zero-order valence-corrected chi connectivity index (χ0v) is 11.5. The Kier molecular flexibility index (Phi) is 4.09. The summed E-state index contributed by atoms with van der Waals surface area (Å²) in [4.78, 5) is 24.3. The summed E-state index contributed by atoms with van der Waals surface area (Å²) in [6, 6.07) is 4.27. The molecule has 102 valence electrons. The molecule has 0 saturated carbocycles. The molecule has 0 aliphatic carbocycles. The van der Waals surface area contributed by atoms with E-state index >= 15 is 0 Å². The summed E-state index contributed by atoms with van der Waals surface area (Å²) in [6.07, 6.45) is 0.251. The van der Waals surface area contributed by atoms with Crippen molar-refractivity contribution in [2.45, 2.75) is 18.6 Å². The van der Waals surface area contributed by atoms with E-state index in [9.17, 15) is 14.0 Å². The molecule has 1 saturated heterocycles. The van der Waals surface area contributed by atoms with Crippen molar-refractivity contribution in [3.05, 3.63) is 24.0 Å². The van der Waals surface area contributed by atoms with Crippen LogP contribution in [0.4, 0.5) is 10.1 Å². The molecule has 2 rings (SSSR count). The van der Waals surface area contributed by atoms with Crippen LogP contribution >= 0.6 is 11.8 Å². The van der Waals surface area contributed by atoms with Gasteiger partial charge in [0, 0.05) is 31.2 Å². The fourth-order valence-electron chi connectivity index (χ4n) is 2.05. The van der Waals surface area contributed by atoms with Gasteiger partial charge in [-0.05, 0) is 12.1 Å². The Morgan fingerprint density at radius 1 is 1.53 bits per heavy atom. The van der Waals surface area contributed by atoms with Crippen molar-refractivity contribution in [1.29, 1.82) is 0 Å². The van der Waals surface area contributed by atoms with E-state index in [-0.39, 0.29) is 28.4 Å². The Morgan fingerprint density at radius 2 is 2.26 bits per heavy atom. The van der Waals surface area contributed by atoms with E-state index in [2.05, 4.69) is 0 Å². The number of amides is 1. The normalized spacial score (nSPS) is 18.8. The van der Waals surface area contributed by atoms with Crippen LogP contribution in [0.15, 0.2) is 18.2 Å². The highest BCUT2D eigenvalue weighted by atomic mass is 32.2. The first-order chi connectivity index (χ1) is 9.01. The van der Waals surface area contributed by atoms with Crippen LogP contribution in [0.1, 0.15) is 13.3 Å². The lowest BCUT2D eigenvalue weighted by Gasteiger charge is -2.18. The molecule has 1 aromatic rings. The Labute approximate surface area is 114 Å². The first kappa shape index (κ1) is 13.9. The number of carbonyl (C=O) groups excluding carboxylic acids is 2. The van der Waals surface area contributed by atoms with Crippen molar-refractivity contribution in [3.63, 3.8) is 0 Å². The lowest BCUT2D eigenvalue weighted by molar-refractivity contribution is -0.117. The molecule has 0 spiro atoms. The van der Waals surface area contributed by atoms with Crippen molar-refractivity contribution in [3.8, 4) is 5.75 Å². The van der Waals surface area contributed by atoms with Crippen LogP contribution in [0.5, 0.6) is 5.75 Å². The molecule has 0 radical (unpaired) electrons. The van der Waals surface area contributed by atoms with Crippen molar-refractivity contribution < 1.29 is 18.7 Å². The molecule has 0 bridgehead atoms. The Morgan fingerprint density at radius 3 is 2.89 bits per heavy atom. The van der Waals surface area contributed by atoms with E-state index < -0.39 is 5.82 Å². The summed E-state index contributed by atoms with van der Waals surface area (Å²) in [5.74, 6) is -0.152. The maximum absolute atomic E-state index is 13.8. The van der Waals surface area contributed by atoms with Crippen LogP contribution < -0.4 is 9.64 Å². The Balaban J connectivity index is 2.22. The van der Waals surface area contributed by atoms with Gasteiger partial charge in [0.25, 0.3) is 0 Å². The van der Waals surface area contributed by atoms with Gasteiger partial charge >= 0.3 is 0 Å². The van der Waals surface area contributed by atoms with Gasteiger partial charge in [0.05, 0.1) is 12.8 Å². The van der Waals surface area contributed by atoms with Crippen molar-refractivity contribution in [2.24, 2.45) is 0 Å². The first-order valence-corrected chi connectivity index (χ1v) is 6.70. The minimum absolute atomic E-state index is 0.0363. The van der Waals surface area contributed by atoms with Crippen LogP contribution in [-0.4, -0.2) is 29.9 Å². The third kappa shape index (κ3) is 3.07. The van der Waals surface area contributed by atoms with Crippen LogP contribution in [0.3, 0.4) is 0 Å². The molecule has 1 aliphatic rings. The molecule has 19 heavy (non-hydrogen) atoms. The van der Waals surface area contributed by atoms with Gasteiger partial charge in [-0.2, -0.15) is 0 Å². The highest BCUT2D eigenvalue weighted by Gasteiger charge is 2.33. The maximum Gasteiger partial charge on any atom is 0.228 e. The number of thioether (sulfide) groups is 1.